The molecule has 8 heteroatoms. The largest absolute Gasteiger partial charge is 0.454 e. The van der Waals surface area contributed by atoms with Crippen LogP contribution < -0.4 is 5.56 Å². The van der Waals surface area contributed by atoms with Gasteiger partial charge in [-0.2, -0.15) is 4.98 Å². The van der Waals surface area contributed by atoms with E-state index in [1.807, 2.05) is 0 Å². The SMILES string of the molecule is Cn1ccc(C(=O)OCc2noc(-c3ccc(F)cc3)n2)cc1=O. The summed E-state index contributed by atoms with van der Waals surface area (Å²) in [5.41, 5.74) is 0.371. The second kappa shape index (κ2) is 6.45. The molecule has 7 nitrogen and oxygen atoms in total. The number of aryl methyl sites for hydroxylation is 1. The smallest absolute Gasteiger partial charge is 0.338 e. The Bertz CT molecular complexity index is 931. The number of rotatable bonds is 4. The van der Waals surface area contributed by atoms with Crippen LogP contribution in [-0.2, 0) is 18.4 Å². The fourth-order valence-corrected chi connectivity index (χ4v) is 1.91. The molecule has 0 aliphatic heterocycles. The molecule has 0 spiro atoms. The number of esters is 1. The molecule has 24 heavy (non-hydrogen) atoms. The Morgan fingerprint density at radius 1 is 1.29 bits per heavy atom. The Labute approximate surface area is 135 Å². The monoisotopic (exact) mass is 329 g/mol. The van der Waals surface area contributed by atoms with Crippen LogP contribution in [0.5, 0.6) is 0 Å². The summed E-state index contributed by atoms with van der Waals surface area (Å²) >= 11 is 0. The number of ether oxygens (including phenoxy) is 1. The molecule has 3 rings (SSSR count). The van der Waals surface area contributed by atoms with Crippen LogP contribution in [0.1, 0.15) is 16.2 Å². The van der Waals surface area contributed by atoms with E-state index in [0.717, 1.165) is 0 Å². The van der Waals surface area contributed by atoms with Crippen molar-refractivity contribution in [2.45, 2.75) is 6.61 Å². The van der Waals surface area contributed by atoms with Crippen molar-refractivity contribution in [1.82, 2.24) is 14.7 Å². The van der Waals surface area contributed by atoms with E-state index in [1.165, 1.54) is 47.2 Å². The predicted octanol–water partition coefficient (Wildman–Crippen LogP) is 1.93. The van der Waals surface area contributed by atoms with E-state index in [-0.39, 0.29) is 35.3 Å². The van der Waals surface area contributed by atoms with Crippen LogP contribution >= 0.6 is 0 Å². The Hall–Kier alpha value is -3.29. The van der Waals surface area contributed by atoms with Gasteiger partial charge in [-0.1, -0.05) is 5.16 Å². The molecule has 0 saturated carbocycles. The van der Waals surface area contributed by atoms with Crippen molar-refractivity contribution >= 4 is 5.97 Å². The van der Waals surface area contributed by atoms with Crippen molar-refractivity contribution in [3.63, 3.8) is 0 Å². The number of nitrogens with zero attached hydrogens (tertiary/aromatic N) is 3. The fourth-order valence-electron chi connectivity index (χ4n) is 1.91. The molecule has 0 aliphatic carbocycles. The van der Waals surface area contributed by atoms with Gasteiger partial charge in [0.2, 0.25) is 5.82 Å². The van der Waals surface area contributed by atoms with Gasteiger partial charge in [-0.25, -0.2) is 9.18 Å². The van der Waals surface area contributed by atoms with Gasteiger partial charge in [-0.15, -0.1) is 0 Å². The highest BCUT2D eigenvalue weighted by Gasteiger charge is 2.13. The van der Waals surface area contributed by atoms with Crippen LogP contribution in [0.15, 0.2) is 51.9 Å². The van der Waals surface area contributed by atoms with Crippen LogP contribution in [0.25, 0.3) is 11.5 Å². The Kier molecular flexibility index (Phi) is 4.19. The second-order valence-electron chi connectivity index (χ2n) is 4.96. The molecule has 0 fully saturated rings. The zero-order valence-corrected chi connectivity index (χ0v) is 12.6. The molecule has 0 saturated heterocycles. The lowest BCUT2D eigenvalue weighted by Crippen LogP contribution is -2.17. The summed E-state index contributed by atoms with van der Waals surface area (Å²) in [5, 5.41) is 3.69. The maximum atomic E-state index is 12.9. The first-order valence-corrected chi connectivity index (χ1v) is 6.95. The summed E-state index contributed by atoms with van der Waals surface area (Å²) in [4.78, 5) is 27.5. The zero-order valence-electron chi connectivity index (χ0n) is 12.6. The lowest BCUT2D eigenvalue weighted by molar-refractivity contribution is 0.0459. The molecule has 0 atom stereocenters. The van der Waals surface area contributed by atoms with Crippen molar-refractivity contribution < 1.29 is 18.4 Å². The average molecular weight is 329 g/mol. The van der Waals surface area contributed by atoms with Crippen molar-refractivity contribution in [1.29, 1.82) is 0 Å². The van der Waals surface area contributed by atoms with Gasteiger partial charge in [-0.05, 0) is 30.3 Å². The molecule has 0 aliphatic rings. The van der Waals surface area contributed by atoms with E-state index in [0.29, 0.717) is 5.56 Å². The third kappa shape index (κ3) is 3.37. The van der Waals surface area contributed by atoms with Gasteiger partial charge in [0, 0.05) is 24.9 Å². The van der Waals surface area contributed by atoms with E-state index in [9.17, 15) is 14.0 Å². The number of hydrogen-bond donors (Lipinski definition) is 0. The third-order valence-corrected chi connectivity index (χ3v) is 3.23. The lowest BCUT2D eigenvalue weighted by atomic mass is 10.2. The fraction of sp³-hybridized carbons (Fsp3) is 0.125. The first-order valence-electron chi connectivity index (χ1n) is 6.95. The molecule has 0 amide bonds. The standard InChI is InChI=1S/C16H12FN3O4/c1-20-7-6-11(8-14(20)21)16(22)23-9-13-18-15(24-19-13)10-2-4-12(17)5-3-10/h2-8H,9H2,1H3. The molecule has 0 unspecified atom stereocenters. The number of halogens is 1. The Balaban J connectivity index is 1.66. The first kappa shape index (κ1) is 15.6. The third-order valence-electron chi connectivity index (χ3n) is 3.23. The number of carbonyl (C=O) groups excluding carboxylic acids is 1. The number of carbonyl (C=O) groups is 1. The predicted molar refractivity (Wildman–Crippen MR) is 80.5 cm³/mol. The van der Waals surface area contributed by atoms with Crippen molar-refractivity contribution in [3.05, 3.63) is 70.2 Å². The summed E-state index contributed by atoms with van der Waals surface area (Å²) in [6, 6.07) is 8.20. The lowest BCUT2D eigenvalue weighted by Gasteiger charge is -2.02. The molecular formula is C16H12FN3O4. The van der Waals surface area contributed by atoms with Crippen LogP contribution in [0, 0.1) is 5.82 Å². The maximum Gasteiger partial charge on any atom is 0.338 e. The van der Waals surface area contributed by atoms with Crippen molar-refractivity contribution in [2.75, 3.05) is 0 Å². The van der Waals surface area contributed by atoms with Gasteiger partial charge >= 0.3 is 5.97 Å². The molecule has 122 valence electrons. The number of benzene rings is 1. The summed E-state index contributed by atoms with van der Waals surface area (Å²) < 4.78 is 24.3. The van der Waals surface area contributed by atoms with Gasteiger partial charge < -0.3 is 13.8 Å². The van der Waals surface area contributed by atoms with Crippen LogP contribution in [0.3, 0.4) is 0 Å². The van der Waals surface area contributed by atoms with E-state index >= 15 is 0 Å². The minimum atomic E-state index is -0.666. The first-order chi connectivity index (χ1) is 11.5. The topological polar surface area (TPSA) is 87.2 Å². The maximum absolute atomic E-state index is 12.9. The molecule has 0 bridgehead atoms. The molecule has 0 radical (unpaired) electrons. The quantitative estimate of drug-likeness (QED) is 0.680. The van der Waals surface area contributed by atoms with Crippen molar-refractivity contribution in [2.24, 2.45) is 7.05 Å². The molecule has 0 N–H and O–H groups in total. The van der Waals surface area contributed by atoms with E-state index in [1.54, 1.807) is 7.05 Å². The molecule has 3 aromatic rings. The van der Waals surface area contributed by atoms with Gasteiger partial charge in [0.15, 0.2) is 6.61 Å². The molecule has 2 heterocycles. The van der Waals surface area contributed by atoms with Gasteiger partial charge in [-0.3, -0.25) is 4.79 Å². The number of hydrogen-bond acceptors (Lipinski definition) is 6. The summed E-state index contributed by atoms with van der Waals surface area (Å²) in [5.74, 6) is -0.691. The normalized spacial score (nSPS) is 10.6. The molecule has 1 aromatic carbocycles. The van der Waals surface area contributed by atoms with Crippen LogP contribution in [0.2, 0.25) is 0 Å². The highest BCUT2D eigenvalue weighted by molar-refractivity contribution is 5.89. The van der Waals surface area contributed by atoms with Gasteiger partial charge in [0.05, 0.1) is 5.56 Å². The van der Waals surface area contributed by atoms with Gasteiger partial charge in [0.1, 0.15) is 5.82 Å². The zero-order chi connectivity index (χ0) is 17.1. The van der Waals surface area contributed by atoms with E-state index in [4.69, 9.17) is 9.26 Å². The highest BCUT2D eigenvalue weighted by Crippen LogP contribution is 2.17. The highest BCUT2D eigenvalue weighted by atomic mass is 19.1. The van der Waals surface area contributed by atoms with Crippen LogP contribution in [-0.4, -0.2) is 20.7 Å². The summed E-state index contributed by atoms with van der Waals surface area (Å²) in [6.45, 7) is -0.210. The minimum absolute atomic E-state index is 0.139. The Morgan fingerprint density at radius 2 is 2.04 bits per heavy atom. The van der Waals surface area contributed by atoms with Crippen molar-refractivity contribution in [3.8, 4) is 11.5 Å². The molecule has 2 aromatic heterocycles. The average Bonchev–Trinajstić information content (AvgIpc) is 3.05. The van der Waals surface area contributed by atoms with E-state index in [2.05, 4.69) is 10.1 Å². The number of pyridine rings is 1. The van der Waals surface area contributed by atoms with E-state index < -0.39 is 5.97 Å². The minimum Gasteiger partial charge on any atom is -0.454 e. The van der Waals surface area contributed by atoms with Crippen LogP contribution in [0.4, 0.5) is 4.39 Å². The second-order valence-corrected chi connectivity index (χ2v) is 4.96. The van der Waals surface area contributed by atoms with Gasteiger partial charge in [0.25, 0.3) is 11.4 Å². The number of aromatic nitrogens is 3. The summed E-state index contributed by atoms with van der Waals surface area (Å²) in [7, 11) is 1.58. The summed E-state index contributed by atoms with van der Waals surface area (Å²) in [6.07, 6.45) is 1.47. The Morgan fingerprint density at radius 3 is 2.75 bits per heavy atom. The molecular weight excluding hydrogens is 317 g/mol.